The average molecular weight is 2230 g/mol. The Balaban J connectivity index is 0. The summed E-state index contributed by atoms with van der Waals surface area (Å²) in [4.78, 5) is 0. The highest BCUT2D eigenvalue weighted by atomic mass is 28.6. The molecule has 0 aliphatic heterocycles. The first kappa shape index (κ1) is 128. The fourth-order valence-electron chi connectivity index (χ4n) is 16.9. The van der Waals surface area contributed by atoms with Crippen LogP contribution in [0.25, 0.3) is 0 Å². The lowest BCUT2D eigenvalue weighted by molar-refractivity contribution is 0.245. The van der Waals surface area contributed by atoms with Gasteiger partial charge in [0.2, 0.25) is 0 Å². The van der Waals surface area contributed by atoms with Crippen LogP contribution in [0.2, 0.25) is 386 Å². The Bertz CT molecular complexity index is 3180. The topological polar surface area (TPSA) is 258 Å². The molecular weight excluding hydrogens is 2050 g/mol. The van der Waals surface area contributed by atoms with E-state index < -0.39 is 258 Å². The van der Waals surface area contributed by atoms with Crippen molar-refractivity contribution in [3.8, 4) is 0 Å². The number of hydrogen-bond donors (Lipinski definition) is 0. The second kappa shape index (κ2) is 45.2. The summed E-state index contributed by atoms with van der Waals surface area (Å²) in [5, 5.41) is 0. The standard InChI is InChI=1S/C53H162O26Si27.C10H24O2Si3/c1-80(2)54-82(5)56-84(8,9)58-86(12,13)60-88(16,17)62-90(20,21)64-92(24,25)66-94(28,29)68-96(32,33)70-98(36,37)72-100(40,41)74-102(44,45)76-104(48,49)78-106(52,53)79-105(50,51)77-103(46,47)75-101(42,43)73-99(38,39)71-97(34,35)69-95(30,31)67-93(26,27)65-91(22,23)63-89(18,19)61-87(14,15)59-85(10,11)57-83(6,7)55-81(3)4;1-9-13(3,4)11-15(7,8)12-14(5,6)10-2/h80-82H,1-53H3;9-10H,1-2H2,3-8H3. The predicted molar refractivity (Wildman–Crippen MR) is 574 cm³/mol. The molecule has 0 spiro atoms. The summed E-state index contributed by atoms with van der Waals surface area (Å²) < 4.78 is 190. The van der Waals surface area contributed by atoms with Crippen LogP contribution in [0.1, 0.15) is 0 Å². The van der Waals surface area contributed by atoms with Crippen molar-refractivity contribution in [2.24, 2.45) is 0 Å². The van der Waals surface area contributed by atoms with E-state index in [1.807, 2.05) is 11.4 Å². The maximum Gasteiger partial charge on any atom is 0.314 e. The van der Waals surface area contributed by atoms with Gasteiger partial charge in [0.05, 0.1) is 0 Å². The molecule has 0 radical (unpaired) electrons. The van der Waals surface area contributed by atoms with Gasteiger partial charge < -0.3 is 115 Å². The quantitative estimate of drug-likeness (QED) is 0.0513. The van der Waals surface area contributed by atoms with Crippen LogP contribution in [0.5, 0.6) is 0 Å². The first-order chi connectivity index (χ1) is 52.0. The van der Waals surface area contributed by atoms with Crippen molar-refractivity contribution in [1.82, 2.24) is 0 Å². The molecule has 0 fully saturated rings. The molecule has 0 bridgehead atoms. The van der Waals surface area contributed by atoms with E-state index >= 15 is 0 Å². The largest absolute Gasteiger partial charge is 0.442 e. The van der Waals surface area contributed by atoms with E-state index in [0.717, 1.165) is 0 Å². The smallest absolute Gasteiger partial charge is 0.314 e. The molecule has 0 aromatic heterocycles. The molecule has 121 heavy (non-hydrogen) atoms. The number of rotatable bonds is 58. The molecule has 0 amide bonds. The van der Waals surface area contributed by atoms with Crippen LogP contribution in [0, 0.1) is 0 Å². The Morgan fingerprint density at radius 2 is 0.240 bits per heavy atom. The molecule has 1 unspecified atom stereocenters. The lowest BCUT2D eigenvalue weighted by Gasteiger charge is -2.45. The zero-order valence-corrected chi connectivity index (χ0v) is 119. The molecule has 0 N–H and O–H groups in total. The van der Waals surface area contributed by atoms with Gasteiger partial charge in [-0.15, -0.1) is 13.2 Å². The molecular formula is C63H186O28Si30. The van der Waals surface area contributed by atoms with E-state index in [0.29, 0.717) is 0 Å². The first-order valence-electron chi connectivity index (χ1n) is 42.8. The van der Waals surface area contributed by atoms with E-state index in [1.54, 1.807) is 0 Å². The molecule has 0 aromatic carbocycles. The SMILES string of the molecule is C=C[Si](C)(C)O[Si](C)(C)O[Si](C)(C)C=C.C[SiH](C)O[SiH](C)O[Si](C)(C)O[Si](C)(C)O[Si](C)(C)O[Si](C)(C)O[Si](C)(C)O[Si](C)(C)O[Si](C)(C)O[Si](C)(C)O[Si](C)(C)O[Si](C)(C)O[Si](C)(C)O[Si](C)(C)O[Si](C)(C)O[Si](C)(C)O[Si](C)(C)O[Si](C)(C)O[Si](C)(C)O[Si](C)(C)O[Si](C)(C)O[Si](C)(C)O[Si](C)(C)O[Si](C)(C)O[Si](C)(C)O[Si](C)(C)O[SiH](C)C. The highest BCUT2D eigenvalue weighted by Crippen LogP contribution is 2.37. The van der Waals surface area contributed by atoms with Crippen LogP contribution in [-0.2, 0) is 115 Å². The molecule has 28 nitrogen and oxygen atoms in total. The van der Waals surface area contributed by atoms with Gasteiger partial charge in [-0.25, -0.2) is 0 Å². The lowest BCUT2D eigenvalue weighted by atomic mass is 11.3. The summed E-state index contributed by atoms with van der Waals surface area (Å²) in [6.07, 6.45) is 0. The molecule has 0 saturated heterocycles. The molecule has 0 saturated carbocycles. The minimum Gasteiger partial charge on any atom is -0.442 e. The Kier molecular flexibility index (Phi) is 47.8. The van der Waals surface area contributed by atoms with E-state index in [1.165, 1.54) is 0 Å². The van der Waals surface area contributed by atoms with Gasteiger partial charge in [0.15, 0.2) is 34.7 Å². The molecule has 0 aliphatic rings. The minimum absolute atomic E-state index is 1.21. The van der Waals surface area contributed by atoms with Gasteiger partial charge in [-0.05, 0) is 386 Å². The zero-order chi connectivity index (χ0) is 97.4. The molecule has 0 aliphatic carbocycles. The van der Waals surface area contributed by atoms with Crippen molar-refractivity contribution in [2.45, 2.75) is 386 Å². The maximum absolute atomic E-state index is 7.00. The molecule has 1 atom stereocenters. The van der Waals surface area contributed by atoms with Crippen LogP contribution < -0.4 is 0 Å². The molecule has 0 aromatic rings. The summed E-state index contributed by atoms with van der Waals surface area (Å²) >= 11 is 0. The zero-order valence-electron chi connectivity index (χ0n) is 88.2. The van der Waals surface area contributed by atoms with Gasteiger partial charge >= 0.3 is 214 Å². The van der Waals surface area contributed by atoms with Crippen LogP contribution in [0.4, 0.5) is 0 Å². The molecule has 58 heteroatoms. The van der Waals surface area contributed by atoms with E-state index in [4.69, 9.17) is 115 Å². The predicted octanol–water partition coefficient (Wildman–Crippen LogP) is 21.7. The third-order valence-corrected chi connectivity index (χ3v) is 127. The second-order valence-electron chi connectivity index (χ2n) is 44.2. The summed E-state index contributed by atoms with van der Waals surface area (Å²) in [5.41, 5.74) is 3.90. The highest BCUT2D eigenvalue weighted by molar-refractivity contribution is 6.98. The Morgan fingerprint density at radius 3 is 0.339 bits per heavy atom. The second-order valence-corrected chi connectivity index (χ2v) is 150. The van der Waals surface area contributed by atoms with Gasteiger partial charge in [0, 0.05) is 0 Å². The van der Waals surface area contributed by atoms with Crippen molar-refractivity contribution >= 4 is 258 Å². The van der Waals surface area contributed by atoms with Crippen LogP contribution in [0.3, 0.4) is 0 Å². The van der Waals surface area contributed by atoms with E-state index in [-0.39, 0.29) is 0 Å². The van der Waals surface area contributed by atoms with Crippen molar-refractivity contribution in [3.05, 3.63) is 24.6 Å². The Labute approximate surface area is 776 Å². The summed E-state index contributed by atoms with van der Waals surface area (Å²) in [5.74, 6) is 0. The van der Waals surface area contributed by atoms with Crippen molar-refractivity contribution < 1.29 is 115 Å². The molecule has 0 rings (SSSR count). The van der Waals surface area contributed by atoms with Gasteiger partial charge in [-0.3, -0.25) is 0 Å². The summed E-state index contributed by atoms with van der Waals surface area (Å²) in [7, 11) is -77.2. The van der Waals surface area contributed by atoms with Gasteiger partial charge in [0.1, 0.15) is 0 Å². The third kappa shape index (κ3) is 61.6. The Hall–Kier alpha value is 4.87. The first-order valence-corrected chi connectivity index (χ1v) is 127. The minimum atomic E-state index is -2.91. The van der Waals surface area contributed by atoms with Crippen LogP contribution >= 0.6 is 0 Å². The fraction of sp³-hybridized carbons (Fsp3) is 0.937. The van der Waals surface area contributed by atoms with Gasteiger partial charge in [0.25, 0.3) is 9.28 Å². The number of hydrogen-bond acceptors (Lipinski definition) is 28. The summed E-state index contributed by atoms with van der Waals surface area (Å²) in [6.45, 7) is 130. The van der Waals surface area contributed by atoms with Gasteiger partial charge in [-0.2, -0.15) is 0 Å². The average Bonchev–Trinajstić information content (AvgIpc) is 0.799. The van der Waals surface area contributed by atoms with Crippen molar-refractivity contribution in [3.63, 3.8) is 0 Å². The van der Waals surface area contributed by atoms with Crippen molar-refractivity contribution in [1.29, 1.82) is 0 Å². The summed E-state index contributed by atoms with van der Waals surface area (Å²) in [6, 6.07) is 0. The normalized spacial score (nSPS) is 16.0. The maximum atomic E-state index is 7.00. The monoisotopic (exact) mass is 2230 g/mol. The van der Waals surface area contributed by atoms with E-state index in [2.05, 4.69) is 399 Å². The third-order valence-electron chi connectivity index (χ3n) is 14.7. The van der Waals surface area contributed by atoms with Crippen LogP contribution in [0.15, 0.2) is 24.6 Å². The van der Waals surface area contributed by atoms with Crippen molar-refractivity contribution in [2.75, 3.05) is 0 Å². The highest BCUT2D eigenvalue weighted by Gasteiger charge is 2.57. The fourth-order valence-corrected chi connectivity index (χ4v) is 162. The molecule has 0 heterocycles. The van der Waals surface area contributed by atoms with Crippen LogP contribution in [-0.4, -0.2) is 258 Å². The van der Waals surface area contributed by atoms with E-state index in [9.17, 15) is 0 Å². The lowest BCUT2D eigenvalue weighted by Crippen LogP contribution is -2.63. The Morgan fingerprint density at radius 1 is 0.140 bits per heavy atom. The van der Waals surface area contributed by atoms with Gasteiger partial charge in [-0.1, -0.05) is 11.4 Å². The molecule has 726 valence electrons.